The highest BCUT2D eigenvalue weighted by Gasteiger charge is 2.19. The second-order valence-electron chi connectivity index (χ2n) is 4.88. The van der Waals surface area contributed by atoms with Gasteiger partial charge in [-0.1, -0.05) is 27.2 Å². The molecule has 0 rings (SSSR count). The Labute approximate surface area is 100 Å². The second-order valence-corrected chi connectivity index (χ2v) is 4.88. The van der Waals surface area contributed by atoms with Crippen molar-refractivity contribution in [3.63, 3.8) is 0 Å². The summed E-state index contributed by atoms with van der Waals surface area (Å²) in [5, 5.41) is 6.33. The predicted octanol–water partition coefficient (Wildman–Crippen LogP) is 2.46. The maximum atomic E-state index is 11.6. The van der Waals surface area contributed by atoms with E-state index in [0.717, 1.165) is 25.7 Å². The van der Waals surface area contributed by atoms with Crippen LogP contribution in [0.2, 0.25) is 0 Å². The maximum absolute atomic E-state index is 11.6. The molecule has 2 N–H and O–H groups in total. The van der Waals surface area contributed by atoms with Gasteiger partial charge in [0.25, 0.3) is 0 Å². The highest BCUT2D eigenvalue weighted by molar-refractivity contribution is 5.78. The Morgan fingerprint density at radius 3 is 2.25 bits per heavy atom. The highest BCUT2D eigenvalue weighted by atomic mass is 16.1. The average molecular weight is 228 g/mol. The summed E-state index contributed by atoms with van der Waals surface area (Å²) in [6, 6.07) is 0.286. The molecule has 0 bridgehead atoms. The first-order valence-electron chi connectivity index (χ1n) is 6.51. The van der Waals surface area contributed by atoms with E-state index in [9.17, 15) is 4.79 Å². The topological polar surface area (TPSA) is 41.1 Å². The Hall–Kier alpha value is -0.570. The molecule has 0 radical (unpaired) electrons. The largest absolute Gasteiger partial charge is 0.353 e. The molecule has 16 heavy (non-hydrogen) atoms. The van der Waals surface area contributed by atoms with Crippen LogP contribution < -0.4 is 10.6 Å². The minimum absolute atomic E-state index is 0.0886. The fraction of sp³-hybridized carbons (Fsp3) is 0.923. The van der Waals surface area contributed by atoms with E-state index in [1.54, 1.807) is 0 Å². The smallest absolute Gasteiger partial charge is 0.234 e. The zero-order valence-electron chi connectivity index (χ0n) is 11.5. The summed E-state index contributed by atoms with van der Waals surface area (Å²) in [7, 11) is 0. The van der Waals surface area contributed by atoms with Crippen LogP contribution in [0.3, 0.4) is 0 Å². The molecule has 0 aromatic heterocycles. The second kappa shape index (κ2) is 7.66. The summed E-state index contributed by atoms with van der Waals surface area (Å²) in [4.78, 5) is 11.6. The number of nitrogens with one attached hydrogen (secondary N) is 2. The SMILES string of the molecule is CCCC(C)NC(=O)CNC(C)(CC)CC. The van der Waals surface area contributed by atoms with Gasteiger partial charge in [-0.25, -0.2) is 0 Å². The predicted molar refractivity (Wildman–Crippen MR) is 69.5 cm³/mol. The molecule has 0 spiro atoms. The van der Waals surface area contributed by atoms with Crippen LogP contribution in [0.4, 0.5) is 0 Å². The molecule has 0 saturated carbocycles. The maximum Gasteiger partial charge on any atom is 0.234 e. The molecule has 96 valence electrons. The number of carbonyl (C=O) groups is 1. The zero-order valence-corrected chi connectivity index (χ0v) is 11.5. The first-order chi connectivity index (χ1) is 7.47. The van der Waals surface area contributed by atoms with Crippen molar-refractivity contribution in [2.45, 2.75) is 71.9 Å². The van der Waals surface area contributed by atoms with Gasteiger partial charge in [-0.2, -0.15) is 0 Å². The lowest BCUT2D eigenvalue weighted by Gasteiger charge is -2.28. The third-order valence-corrected chi connectivity index (χ3v) is 3.37. The van der Waals surface area contributed by atoms with Gasteiger partial charge in [-0.05, 0) is 33.1 Å². The molecule has 3 nitrogen and oxygen atoms in total. The average Bonchev–Trinajstić information content (AvgIpc) is 2.26. The molecule has 0 aromatic carbocycles. The van der Waals surface area contributed by atoms with Crippen LogP contribution >= 0.6 is 0 Å². The van der Waals surface area contributed by atoms with Crippen molar-refractivity contribution < 1.29 is 4.79 Å². The lowest BCUT2D eigenvalue weighted by molar-refractivity contribution is -0.121. The molecule has 0 aromatic rings. The van der Waals surface area contributed by atoms with Crippen LogP contribution in [0.25, 0.3) is 0 Å². The van der Waals surface area contributed by atoms with Crippen molar-refractivity contribution in [3.8, 4) is 0 Å². The molecule has 0 aliphatic rings. The van der Waals surface area contributed by atoms with Gasteiger partial charge in [0.05, 0.1) is 6.54 Å². The van der Waals surface area contributed by atoms with Gasteiger partial charge in [0.2, 0.25) is 5.91 Å². The van der Waals surface area contributed by atoms with Gasteiger partial charge in [0.1, 0.15) is 0 Å². The van der Waals surface area contributed by atoms with Crippen molar-refractivity contribution in [2.75, 3.05) is 6.54 Å². The van der Waals surface area contributed by atoms with Gasteiger partial charge in [-0.15, -0.1) is 0 Å². The van der Waals surface area contributed by atoms with E-state index in [1.165, 1.54) is 0 Å². The molecule has 3 heteroatoms. The third kappa shape index (κ3) is 6.11. The van der Waals surface area contributed by atoms with E-state index in [1.807, 2.05) is 0 Å². The van der Waals surface area contributed by atoms with Crippen LogP contribution in [0.1, 0.15) is 60.3 Å². The minimum atomic E-state index is 0.0886. The number of hydrogen-bond donors (Lipinski definition) is 2. The Kier molecular flexibility index (Phi) is 7.39. The molecule has 1 amide bonds. The third-order valence-electron chi connectivity index (χ3n) is 3.37. The van der Waals surface area contributed by atoms with Crippen LogP contribution in [-0.4, -0.2) is 24.0 Å². The summed E-state index contributed by atoms with van der Waals surface area (Å²) in [5.41, 5.74) is 0.0886. The number of rotatable bonds is 8. The van der Waals surface area contributed by atoms with E-state index in [2.05, 4.69) is 45.3 Å². The fourth-order valence-corrected chi connectivity index (χ4v) is 1.62. The van der Waals surface area contributed by atoms with Gasteiger partial charge in [0, 0.05) is 11.6 Å². The normalized spacial score (nSPS) is 13.6. The molecular weight excluding hydrogens is 200 g/mol. The Balaban J connectivity index is 3.88. The first-order valence-corrected chi connectivity index (χ1v) is 6.51. The lowest BCUT2D eigenvalue weighted by atomic mass is 9.96. The van der Waals surface area contributed by atoms with Crippen LogP contribution in [0, 0.1) is 0 Å². The Bertz CT molecular complexity index is 200. The zero-order chi connectivity index (χ0) is 12.6. The van der Waals surface area contributed by atoms with E-state index < -0.39 is 0 Å². The van der Waals surface area contributed by atoms with Crippen LogP contribution in [0.5, 0.6) is 0 Å². The molecule has 0 saturated heterocycles. The first kappa shape index (κ1) is 15.4. The van der Waals surface area contributed by atoms with Crippen molar-refractivity contribution in [1.82, 2.24) is 10.6 Å². The van der Waals surface area contributed by atoms with Gasteiger partial charge < -0.3 is 10.6 Å². The quantitative estimate of drug-likeness (QED) is 0.670. The molecule has 0 fully saturated rings. The minimum Gasteiger partial charge on any atom is -0.353 e. The van der Waals surface area contributed by atoms with Gasteiger partial charge in [-0.3, -0.25) is 4.79 Å². The Morgan fingerprint density at radius 2 is 1.81 bits per heavy atom. The van der Waals surface area contributed by atoms with E-state index >= 15 is 0 Å². The summed E-state index contributed by atoms with van der Waals surface area (Å²) in [6.45, 7) is 11.1. The van der Waals surface area contributed by atoms with Crippen molar-refractivity contribution >= 4 is 5.91 Å². The van der Waals surface area contributed by atoms with Gasteiger partial charge in [0.15, 0.2) is 0 Å². The van der Waals surface area contributed by atoms with Crippen molar-refractivity contribution in [3.05, 3.63) is 0 Å². The molecule has 0 aliphatic carbocycles. The van der Waals surface area contributed by atoms with Crippen LogP contribution in [-0.2, 0) is 4.79 Å². The molecule has 1 unspecified atom stereocenters. The molecule has 1 atom stereocenters. The summed E-state index contributed by atoms with van der Waals surface area (Å²) < 4.78 is 0. The monoisotopic (exact) mass is 228 g/mol. The van der Waals surface area contributed by atoms with Crippen molar-refractivity contribution in [2.24, 2.45) is 0 Å². The molecular formula is C13H28N2O. The van der Waals surface area contributed by atoms with Crippen LogP contribution in [0.15, 0.2) is 0 Å². The summed E-state index contributed by atoms with van der Waals surface area (Å²) >= 11 is 0. The Morgan fingerprint density at radius 1 is 1.25 bits per heavy atom. The standard InChI is InChI=1S/C13H28N2O/c1-6-9-11(4)15-12(16)10-14-13(5,7-2)8-3/h11,14H,6-10H2,1-5H3,(H,15,16). The van der Waals surface area contributed by atoms with E-state index in [0.29, 0.717) is 6.54 Å². The summed E-state index contributed by atoms with van der Waals surface area (Å²) in [6.07, 6.45) is 4.24. The number of hydrogen-bond acceptors (Lipinski definition) is 2. The summed E-state index contributed by atoms with van der Waals surface area (Å²) in [5.74, 6) is 0.106. The van der Waals surface area contributed by atoms with Crippen molar-refractivity contribution in [1.29, 1.82) is 0 Å². The molecule has 0 heterocycles. The van der Waals surface area contributed by atoms with E-state index in [4.69, 9.17) is 0 Å². The lowest BCUT2D eigenvalue weighted by Crippen LogP contribution is -2.47. The number of amides is 1. The highest BCUT2D eigenvalue weighted by Crippen LogP contribution is 2.12. The van der Waals surface area contributed by atoms with Gasteiger partial charge >= 0.3 is 0 Å². The fourth-order valence-electron chi connectivity index (χ4n) is 1.62. The van der Waals surface area contributed by atoms with E-state index in [-0.39, 0.29) is 17.5 Å². The molecule has 0 aliphatic heterocycles. The number of carbonyl (C=O) groups excluding carboxylic acids is 1.